The number of nitrogens with zero attached hydrogens (tertiary/aromatic N) is 4. The average molecular weight is 241 g/mol. The van der Waals surface area contributed by atoms with Crippen LogP contribution in [0.15, 0.2) is 12.3 Å². The second kappa shape index (κ2) is 5.28. The second-order valence-electron chi connectivity index (χ2n) is 3.09. The van der Waals surface area contributed by atoms with Crippen molar-refractivity contribution in [2.24, 2.45) is 0 Å². The number of rotatable bonds is 4. The molecule has 0 radical (unpaired) electrons. The summed E-state index contributed by atoms with van der Waals surface area (Å²) in [5.41, 5.74) is -0.151. The van der Waals surface area contributed by atoms with Crippen molar-refractivity contribution in [3.8, 4) is 6.07 Å². The van der Waals surface area contributed by atoms with Gasteiger partial charge in [0.1, 0.15) is 12.0 Å². The minimum atomic E-state index is -0.558. The summed E-state index contributed by atoms with van der Waals surface area (Å²) in [6, 6.07) is 3.24. The van der Waals surface area contributed by atoms with E-state index in [4.69, 9.17) is 16.9 Å². The zero-order valence-corrected chi connectivity index (χ0v) is 9.31. The second-order valence-corrected chi connectivity index (χ2v) is 3.49. The first kappa shape index (κ1) is 12.2. The van der Waals surface area contributed by atoms with Gasteiger partial charge in [-0.2, -0.15) is 5.26 Å². The molecule has 0 N–H and O–H groups in total. The van der Waals surface area contributed by atoms with Gasteiger partial charge >= 0.3 is 0 Å². The monoisotopic (exact) mass is 240 g/mol. The normalized spacial score (nSPS) is 9.56. The minimum absolute atomic E-state index is 0.151. The van der Waals surface area contributed by atoms with Gasteiger partial charge in [0.25, 0.3) is 5.69 Å². The highest BCUT2D eigenvalue weighted by Gasteiger charge is 2.13. The highest BCUT2D eigenvalue weighted by molar-refractivity contribution is 6.33. The van der Waals surface area contributed by atoms with Gasteiger partial charge in [0.2, 0.25) is 0 Å². The van der Waals surface area contributed by atoms with E-state index in [1.54, 1.807) is 11.9 Å². The van der Waals surface area contributed by atoms with Crippen molar-refractivity contribution in [1.82, 2.24) is 4.98 Å². The molecule has 0 aliphatic carbocycles. The number of hydrogen-bond acceptors (Lipinski definition) is 5. The topological polar surface area (TPSA) is 83.1 Å². The fraction of sp³-hybridized carbons (Fsp3) is 0.333. The molecule has 0 aliphatic heterocycles. The maximum absolute atomic E-state index is 10.5. The summed E-state index contributed by atoms with van der Waals surface area (Å²) in [5.74, 6) is 0.433. The van der Waals surface area contributed by atoms with Crippen molar-refractivity contribution in [2.45, 2.75) is 6.42 Å². The zero-order chi connectivity index (χ0) is 12.1. The number of anilines is 1. The van der Waals surface area contributed by atoms with E-state index in [1.165, 1.54) is 6.07 Å². The SMILES string of the molecule is CN(CCC#N)c1ncc([N+](=O)[O-])cc1Cl. The maximum atomic E-state index is 10.5. The predicted molar refractivity (Wildman–Crippen MR) is 59.4 cm³/mol. The van der Waals surface area contributed by atoms with Crippen molar-refractivity contribution in [3.63, 3.8) is 0 Å². The zero-order valence-electron chi connectivity index (χ0n) is 8.55. The van der Waals surface area contributed by atoms with Gasteiger partial charge in [-0.1, -0.05) is 11.6 Å². The van der Waals surface area contributed by atoms with Crippen molar-refractivity contribution in [1.29, 1.82) is 5.26 Å². The molecule has 1 aromatic heterocycles. The molecule has 0 atom stereocenters. The summed E-state index contributed by atoms with van der Waals surface area (Å²) in [4.78, 5) is 15.5. The van der Waals surface area contributed by atoms with Gasteiger partial charge in [-0.15, -0.1) is 0 Å². The van der Waals surface area contributed by atoms with E-state index in [0.29, 0.717) is 18.8 Å². The van der Waals surface area contributed by atoms with Crippen molar-refractivity contribution in [2.75, 3.05) is 18.5 Å². The summed E-state index contributed by atoms with van der Waals surface area (Å²) in [5, 5.41) is 19.1. The van der Waals surface area contributed by atoms with Gasteiger partial charge < -0.3 is 4.90 Å². The molecular weight excluding hydrogens is 232 g/mol. The largest absolute Gasteiger partial charge is 0.357 e. The van der Waals surface area contributed by atoms with Crippen LogP contribution in [0.25, 0.3) is 0 Å². The molecule has 1 aromatic rings. The summed E-state index contributed by atoms with van der Waals surface area (Å²) in [7, 11) is 1.72. The number of nitro groups is 1. The fourth-order valence-corrected chi connectivity index (χ4v) is 1.43. The van der Waals surface area contributed by atoms with Gasteiger partial charge in [0.05, 0.1) is 22.4 Å². The molecular formula is C9H9ClN4O2. The number of pyridine rings is 1. The molecule has 0 saturated heterocycles. The molecule has 7 heteroatoms. The van der Waals surface area contributed by atoms with Gasteiger partial charge in [-0.05, 0) is 0 Å². The molecule has 1 rings (SSSR count). The highest BCUT2D eigenvalue weighted by atomic mass is 35.5. The highest BCUT2D eigenvalue weighted by Crippen LogP contribution is 2.26. The van der Waals surface area contributed by atoms with Crippen LogP contribution in [0, 0.1) is 21.4 Å². The van der Waals surface area contributed by atoms with Gasteiger partial charge in [-0.3, -0.25) is 10.1 Å². The van der Waals surface area contributed by atoms with Crippen LogP contribution in [-0.4, -0.2) is 23.5 Å². The van der Waals surface area contributed by atoms with E-state index in [2.05, 4.69) is 4.98 Å². The molecule has 0 aromatic carbocycles. The lowest BCUT2D eigenvalue weighted by Gasteiger charge is -2.17. The van der Waals surface area contributed by atoms with E-state index in [9.17, 15) is 10.1 Å². The van der Waals surface area contributed by atoms with Crippen LogP contribution in [0.4, 0.5) is 11.5 Å². The average Bonchev–Trinajstić information content (AvgIpc) is 2.25. The molecule has 0 bridgehead atoms. The number of nitriles is 1. The summed E-state index contributed by atoms with van der Waals surface area (Å²) in [6.45, 7) is 0.473. The maximum Gasteiger partial charge on any atom is 0.289 e. The number of hydrogen-bond donors (Lipinski definition) is 0. The number of aromatic nitrogens is 1. The summed E-state index contributed by atoms with van der Waals surface area (Å²) < 4.78 is 0. The van der Waals surface area contributed by atoms with E-state index >= 15 is 0 Å². The van der Waals surface area contributed by atoms with Gasteiger partial charge in [0.15, 0.2) is 0 Å². The van der Waals surface area contributed by atoms with E-state index in [0.717, 1.165) is 6.20 Å². The summed E-state index contributed by atoms with van der Waals surface area (Å²) >= 11 is 5.86. The lowest BCUT2D eigenvalue weighted by Crippen LogP contribution is -2.19. The van der Waals surface area contributed by atoms with Crippen LogP contribution in [0.2, 0.25) is 5.02 Å². The van der Waals surface area contributed by atoms with Crippen LogP contribution in [0.1, 0.15) is 6.42 Å². The third-order valence-electron chi connectivity index (χ3n) is 1.94. The smallest absolute Gasteiger partial charge is 0.289 e. The van der Waals surface area contributed by atoms with Crippen LogP contribution < -0.4 is 4.90 Å². The van der Waals surface area contributed by atoms with Gasteiger partial charge in [-0.25, -0.2) is 4.98 Å². The molecule has 0 saturated carbocycles. The van der Waals surface area contributed by atoms with Gasteiger partial charge in [0, 0.05) is 19.7 Å². The Morgan fingerprint density at radius 3 is 2.94 bits per heavy atom. The molecule has 16 heavy (non-hydrogen) atoms. The van der Waals surface area contributed by atoms with Crippen molar-refractivity contribution >= 4 is 23.1 Å². The Balaban J connectivity index is 2.91. The van der Waals surface area contributed by atoms with E-state index in [1.807, 2.05) is 6.07 Å². The van der Waals surface area contributed by atoms with Crippen LogP contribution in [0.3, 0.4) is 0 Å². The third kappa shape index (κ3) is 2.81. The number of halogens is 1. The first-order valence-corrected chi connectivity index (χ1v) is 4.82. The lowest BCUT2D eigenvalue weighted by atomic mass is 10.3. The first-order chi connectivity index (χ1) is 7.56. The molecule has 0 aliphatic rings. The van der Waals surface area contributed by atoms with E-state index < -0.39 is 4.92 Å². The molecule has 0 amide bonds. The first-order valence-electron chi connectivity index (χ1n) is 4.44. The fourth-order valence-electron chi connectivity index (χ4n) is 1.12. The molecule has 6 nitrogen and oxygen atoms in total. The lowest BCUT2D eigenvalue weighted by molar-refractivity contribution is -0.385. The van der Waals surface area contributed by atoms with E-state index in [-0.39, 0.29) is 10.7 Å². The van der Waals surface area contributed by atoms with Crippen LogP contribution in [0.5, 0.6) is 0 Å². The summed E-state index contributed by atoms with van der Waals surface area (Å²) in [6.07, 6.45) is 1.48. The predicted octanol–water partition coefficient (Wildman–Crippen LogP) is 1.99. The Hall–Kier alpha value is -1.87. The van der Waals surface area contributed by atoms with Crippen LogP contribution >= 0.6 is 11.6 Å². The third-order valence-corrected chi connectivity index (χ3v) is 2.22. The quantitative estimate of drug-likeness (QED) is 0.594. The standard InChI is InChI=1S/C9H9ClN4O2/c1-13(4-2-3-11)9-8(10)5-7(6-12-9)14(15)16/h5-6H,2,4H2,1H3. The van der Waals surface area contributed by atoms with Crippen molar-refractivity contribution < 1.29 is 4.92 Å². The molecule has 84 valence electrons. The molecule has 0 fully saturated rings. The van der Waals surface area contributed by atoms with Crippen LogP contribution in [-0.2, 0) is 0 Å². The Morgan fingerprint density at radius 2 is 2.44 bits per heavy atom. The Labute approximate surface area is 97.2 Å². The molecule has 0 spiro atoms. The molecule has 0 unspecified atom stereocenters. The van der Waals surface area contributed by atoms with Crippen molar-refractivity contribution in [3.05, 3.63) is 27.4 Å². The Kier molecular flexibility index (Phi) is 4.03. The Bertz CT molecular complexity index is 444. The minimum Gasteiger partial charge on any atom is -0.357 e. The molecule has 1 heterocycles. The Morgan fingerprint density at radius 1 is 1.75 bits per heavy atom.